The molecule has 84 valence electrons. The van der Waals surface area contributed by atoms with Crippen LogP contribution in [-0.4, -0.2) is 17.4 Å². The minimum atomic E-state index is -0.963. The topological polar surface area (TPSA) is 54.4 Å². The number of halogens is 1. The highest BCUT2D eigenvalue weighted by Gasteiger charge is 2.04. The van der Waals surface area contributed by atoms with Crippen LogP contribution in [-0.2, 0) is 16.0 Å². The number of aldehydes is 1. The van der Waals surface area contributed by atoms with Gasteiger partial charge in [-0.15, -0.1) is 0 Å². The highest BCUT2D eigenvalue weighted by molar-refractivity contribution is 5.70. The molecule has 0 saturated heterocycles. The molecule has 16 heavy (non-hydrogen) atoms. The molecule has 1 aromatic carbocycles. The molecule has 1 aromatic rings. The van der Waals surface area contributed by atoms with Gasteiger partial charge in [-0.1, -0.05) is 18.2 Å². The number of aliphatic carboxylic acids is 1. The average molecular weight is 222 g/mol. The van der Waals surface area contributed by atoms with Crippen molar-refractivity contribution in [2.45, 2.75) is 12.8 Å². The monoisotopic (exact) mass is 222 g/mol. The molecule has 3 nitrogen and oxygen atoms in total. The highest BCUT2D eigenvalue weighted by Crippen LogP contribution is 2.13. The summed E-state index contributed by atoms with van der Waals surface area (Å²) >= 11 is 0. The summed E-state index contributed by atoms with van der Waals surface area (Å²) in [5.41, 5.74) is 0.820. The van der Waals surface area contributed by atoms with Gasteiger partial charge in [-0.05, 0) is 17.7 Å². The largest absolute Gasteiger partial charge is 0.481 e. The molecular formula is C12H11FO3. The minimum absolute atomic E-state index is 0.144. The maximum absolute atomic E-state index is 13.2. The Hall–Kier alpha value is -1.97. The Morgan fingerprint density at radius 3 is 2.81 bits per heavy atom. The lowest BCUT2D eigenvalue weighted by molar-refractivity contribution is -0.136. The van der Waals surface area contributed by atoms with E-state index < -0.39 is 11.8 Å². The van der Waals surface area contributed by atoms with Crippen molar-refractivity contribution in [2.75, 3.05) is 0 Å². The van der Waals surface area contributed by atoms with Crippen LogP contribution >= 0.6 is 0 Å². The van der Waals surface area contributed by atoms with Gasteiger partial charge in [-0.2, -0.15) is 0 Å². The average Bonchev–Trinajstić information content (AvgIpc) is 2.22. The van der Waals surface area contributed by atoms with E-state index >= 15 is 0 Å². The molecule has 1 rings (SSSR count). The zero-order valence-electron chi connectivity index (χ0n) is 8.52. The van der Waals surface area contributed by atoms with E-state index in [0.29, 0.717) is 17.4 Å². The third-order valence-corrected chi connectivity index (χ3v) is 1.95. The van der Waals surface area contributed by atoms with Crippen LogP contribution in [0.2, 0.25) is 0 Å². The fourth-order valence-corrected chi connectivity index (χ4v) is 1.26. The van der Waals surface area contributed by atoms with Crippen LogP contribution in [0.25, 0.3) is 6.08 Å². The zero-order chi connectivity index (χ0) is 12.0. The number of carboxylic acid groups (broad SMARTS) is 1. The Morgan fingerprint density at radius 1 is 1.44 bits per heavy atom. The fourth-order valence-electron chi connectivity index (χ4n) is 1.26. The van der Waals surface area contributed by atoms with Crippen molar-refractivity contribution in [1.82, 2.24) is 0 Å². The van der Waals surface area contributed by atoms with Gasteiger partial charge >= 0.3 is 5.97 Å². The SMILES string of the molecule is O=CCC=Cc1cc(CC(=O)O)ccc1F. The van der Waals surface area contributed by atoms with E-state index in [1.807, 2.05) is 0 Å². The number of carbonyl (C=O) groups excluding carboxylic acids is 1. The van der Waals surface area contributed by atoms with Gasteiger partial charge in [0.15, 0.2) is 0 Å². The van der Waals surface area contributed by atoms with E-state index in [2.05, 4.69) is 0 Å². The standard InChI is InChI=1S/C12H11FO3/c13-11-5-4-9(8-12(15)16)7-10(11)3-1-2-6-14/h1,3-7H,2,8H2,(H,15,16). The lowest BCUT2D eigenvalue weighted by Gasteiger charge is -2.01. The third kappa shape index (κ3) is 3.65. The van der Waals surface area contributed by atoms with Gasteiger partial charge in [0, 0.05) is 12.0 Å². The van der Waals surface area contributed by atoms with Crippen LogP contribution < -0.4 is 0 Å². The van der Waals surface area contributed by atoms with E-state index in [1.165, 1.54) is 30.4 Å². The van der Waals surface area contributed by atoms with Crippen LogP contribution in [0.1, 0.15) is 17.5 Å². The van der Waals surface area contributed by atoms with Crippen molar-refractivity contribution < 1.29 is 19.1 Å². The zero-order valence-corrected chi connectivity index (χ0v) is 8.52. The van der Waals surface area contributed by atoms with Crippen molar-refractivity contribution in [3.63, 3.8) is 0 Å². The Labute approximate surface area is 92.2 Å². The first-order valence-corrected chi connectivity index (χ1v) is 4.74. The molecule has 0 heterocycles. The quantitative estimate of drug-likeness (QED) is 0.776. The normalized spacial score (nSPS) is 10.6. The summed E-state index contributed by atoms with van der Waals surface area (Å²) in [7, 11) is 0. The maximum Gasteiger partial charge on any atom is 0.307 e. The summed E-state index contributed by atoms with van der Waals surface area (Å²) in [5.74, 6) is -1.40. The summed E-state index contributed by atoms with van der Waals surface area (Å²) < 4.78 is 13.2. The van der Waals surface area contributed by atoms with Crippen molar-refractivity contribution in [2.24, 2.45) is 0 Å². The first-order valence-electron chi connectivity index (χ1n) is 4.74. The molecule has 0 bridgehead atoms. The van der Waals surface area contributed by atoms with Gasteiger partial charge in [0.05, 0.1) is 6.42 Å². The Morgan fingerprint density at radius 2 is 2.19 bits per heavy atom. The van der Waals surface area contributed by atoms with Crippen LogP contribution in [0, 0.1) is 5.82 Å². The molecule has 0 unspecified atom stereocenters. The summed E-state index contributed by atoms with van der Waals surface area (Å²) in [6.45, 7) is 0. The van der Waals surface area contributed by atoms with Gasteiger partial charge in [0.25, 0.3) is 0 Å². The number of hydrogen-bond donors (Lipinski definition) is 1. The lowest BCUT2D eigenvalue weighted by atomic mass is 10.1. The molecule has 0 amide bonds. The second-order valence-electron chi connectivity index (χ2n) is 3.23. The number of rotatable bonds is 5. The Balaban J connectivity index is 2.89. The highest BCUT2D eigenvalue weighted by atomic mass is 19.1. The smallest absolute Gasteiger partial charge is 0.307 e. The van der Waals surface area contributed by atoms with Crippen LogP contribution in [0.3, 0.4) is 0 Å². The van der Waals surface area contributed by atoms with E-state index in [9.17, 15) is 14.0 Å². The lowest BCUT2D eigenvalue weighted by Crippen LogP contribution is -2.00. The van der Waals surface area contributed by atoms with Gasteiger partial charge in [0.2, 0.25) is 0 Å². The second-order valence-corrected chi connectivity index (χ2v) is 3.23. The number of carboxylic acids is 1. The second kappa shape index (κ2) is 5.80. The minimum Gasteiger partial charge on any atom is -0.481 e. The molecule has 0 spiro atoms. The number of allylic oxidation sites excluding steroid dienone is 1. The van der Waals surface area contributed by atoms with Gasteiger partial charge in [0.1, 0.15) is 12.1 Å². The maximum atomic E-state index is 13.2. The van der Waals surface area contributed by atoms with E-state index in [0.717, 1.165) is 0 Å². The summed E-state index contributed by atoms with van der Waals surface area (Å²) in [5, 5.41) is 8.58. The predicted molar refractivity (Wildman–Crippen MR) is 57.5 cm³/mol. The molecular weight excluding hydrogens is 211 g/mol. The number of hydrogen-bond acceptors (Lipinski definition) is 2. The molecule has 0 aliphatic carbocycles. The van der Waals surface area contributed by atoms with Gasteiger partial charge in [-0.3, -0.25) is 4.79 Å². The Kier molecular flexibility index (Phi) is 4.39. The van der Waals surface area contributed by atoms with Crippen molar-refractivity contribution in [3.8, 4) is 0 Å². The number of carbonyl (C=O) groups is 2. The molecule has 1 N–H and O–H groups in total. The predicted octanol–water partition coefficient (Wildman–Crippen LogP) is 2.06. The van der Waals surface area contributed by atoms with Crippen molar-refractivity contribution >= 4 is 18.3 Å². The molecule has 4 heteroatoms. The van der Waals surface area contributed by atoms with Gasteiger partial charge < -0.3 is 9.90 Å². The molecule has 0 fully saturated rings. The first-order chi connectivity index (χ1) is 7.63. The van der Waals surface area contributed by atoms with E-state index in [4.69, 9.17) is 5.11 Å². The Bertz CT molecular complexity index is 424. The molecule has 0 aliphatic heterocycles. The van der Waals surface area contributed by atoms with Crippen LogP contribution in [0.15, 0.2) is 24.3 Å². The van der Waals surface area contributed by atoms with Crippen molar-refractivity contribution in [1.29, 1.82) is 0 Å². The van der Waals surface area contributed by atoms with E-state index in [1.54, 1.807) is 0 Å². The summed E-state index contributed by atoms with van der Waals surface area (Å²) in [6.07, 6.45) is 3.76. The molecule has 0 aromatic heterocycles. The molecule has 0 aliphatic rings. The first kappa shape index (κ1) is 12.1. The molecule has 0 radical (unpaired) electrons. The molecule has 0 atom stereocenters. The summed E-state index contributed by atoms with van der Waals surface area (Å²) in [4.78, 5) is 20.5. The van der Waals surface area contributed by atoms with Crippen LogP contribution in [0.4, 0.5) is 4.39 Å². The van der Waals surface area contributed by atoms with Gasteiger partial charge in [-0.25, -0.2) is 4.39 Å². The summed E-state index contributed by atoms with van der Waals surface area (Å²) in [6, 6.07) is 4.12. The van der Waals surface area contributed by atoms with Crippen molar-refractivity contribution in [3.05, 3.63) is 41.2 Å². The molecule has 0 saturated carbocycles. The fraction of sp³-hybridized carbons (Fsp3) is 0.167. The van der Waals surface area contributed by atoms with Crippen LogP contribution in [0.5, 0.6) is 0 Å². The number of benzene rings is 1. The van der Waals surface area contributed by atoms with E-state index in [-0.39, 0.29) is 12.8 Å². The third-order valence-electron chi connectivity index (χ3n) is 1.95.